The van der Waals surface area contributed by atoms with Crippen LogP contribution in [0.2, 0.25) is 0 Å². The van der Waals surface area contributed by atoms with Crippen LogP contribution in [0, 0.1) is 5.92 Å². The van der Waals surface area contributed by atoms with Gasteiger partial charge in [0.05, 0.1) is 29.3 Å². The maximum absolute atomic E-state index is 12.7. The molecule has 1 amide bonds. The van der Waals surface area contributed by atoms with E-state index in [-0.39, 0.29) is 24.1 Å². The normalized spacial score (nSPS) is 13.0. The van der Waals surface area contributed by atoms with Crippen molar-refractivity contribution in [3.63, 3.8) is 0 Å². The third-order valence-electron chi connectivity index (χ3n) is 3.09. The van der Waals surface area contributed by atoms with E-state index in [2.05, 4.69) is 10.4 Å². The Morgan fingerprint density at radius 1 is 1.45 bits per heavy atom. The van der Waals surface area contributed by atoms with Crippen LogP contribution in [0.4, 0.5) is 18.9 Å². The summed E-state index contributed by atoms with van der Waals surface area (Å²) in [5.74, 6) is -0.636. The molecule has 5 nitrogen and oxygen atoms in total. The van der Waals surface area contributed by atoms with E-state index in [4.69, 9.17) is 5.73 Å². The van der Waals surface area contributed by atoms with Crippen molar-refractivity contribution in [2.75, 3.05) is 11.9 Å². The second-order valence-electron chi connectivity index (χ2n) is 4.85. The van der Waals surface area contributed by atoms with Crippen molar-refractivity contribution in [1.29, 1.82) is 0 Å². The van der Waals surface area contributed by atoms with Gasteiger partial charge in [-0.15, -0.1) is 0 Å². The molecule has 0 aliphatic carbocycles. The van der Waals surface area contributed by atoms with Crippen LogP contribution in [0.3, 0.4) is 0 Å². The van der Waals surface area contributed by atoms with Crippen LogP contribution in [0.1, 0.15) is 12.5 Å². The Labute approximate surface area is 124 Å². The maximum atomic E-state index is 12.7. The molecule has 0 saturated carbocycles. The fourth-order valence-electron chi connectivity index (χ4n) is 1.73. The number of nitrogens with zero attached hydrogens (tertiary/aromatic N) is 2. The zero-order valence-corrected chi connectivity index (χ0v) is 11.8. The van der Waals surface area contributed by atoms with Crippen molar-refractivity contribution in [1.82, 2.24) is 9.78 Å². The summed E-state index contributed by atoms with van der Waals surface area (Å²) in [4.78, 5) is 11.7. The topological polar surface area (TPSA) is 72.9 Å². The monoisotopic (exact) mass is 312 g/mol. The standard InChI is InChI=1S/C14H15F3N4O/c1-9(6-18)13(22)20-11-7-19-21(8-11)12-4-2-3-10(5-12)14(15,16)17/h2-5,7-9H,6,18H2,1H3,(H,20,22). The summed E-state index contributed by atoms with van der Waals surface area (Å²) in [6, 6.07) is 4.77. The highest BCUT2D eigenvalue weighted by atomic mass is 19.4. The van der Waals surface area contributed by atoms with Crippen LogP contribution in [0.25, 0.3) is 5.69 Å². The van der Waals surface area contributed by atoms with Crippen LogP contribution < -0.4 is 11.1 Å². The van der Waals surface area contributed by atoms with Crippen molar-refractivity contribution < 1.29 is 18.0 Å². The van der Waals surface area contributed by atoms with Crippen LogP contribution in [0.5, 0.6) is 0 Å². The lowest BCUT2D eigenvalue weighted by molar-refractivity contribution is -0.137. The fraction of sp³-hybridized carbons (Fsp3) is 0.286. The first-order valence-corrected chi connectivity index (χ1v) is 6.54. The van der Waals surface area contributed by atoms with Gasteiger partial charge in [0.15, 0.2) is 0 Å². The minimum atomic E-state index is -4.42. The highest BCUT2D eigenvalue weighted by Gasteiger charge is 2.30. The number of nitrogens with two attached hydrogens (primary N) is 1. The van der Waals surface area contributed by atoms with Gasteiger partial charge in [-0.1, -0.05) is 13.0 Å². The van der Waals surface area contributed by atoms with E-state index in [0.717, 1.165) is 12.1 Å². The number of alkyl halides is 3. The van der Waals surface area contributed by atoms with Crippen LogP contribution in [0.15, 0.2) is 36.7 Å². The lowest BCUT2D eigenvalue weighted by Gasteiger charge is -2.09. The summed E-state index contributed by atoms with van der Waals surface area (Å²) in [5, 5.41) is 6.55. The Bertz CT molecular complexity index is 666. The number of carbonyl (C=O) groups is 1. The van der Waals surface area contributed by atoms with Gasteiger partial charge in [0, 0.05) is 12.5 Å². The number of anilines is 1. The molecule has 0 aliphatic heterocycles. The van der Waals surface area contributed by atoms with Crippen LogP contribution in [-0.2, 0) is 11.0 Å². The summed E-state index contributed by atoms with van der Waals surface area (Å²) in [6.07, 6.45) is -1.62. The Kier molecular flexibility index (Phi) is 4.51. The van der Waals surface area contributed by atoms with Crippen molar-refractivity contribution in [2.24, 2.45) is 11.7 Å². The predicted octanol–water partition coefficient (Wildman–Crippen LogP) is 2.42. The average molecular weight is 312 g/mol. The number of rotatable bonds is 4. The lowest BCUT2D eigenvalue weighted by atomic mass is 10.2. The second kappa shape index (κ2) is 6.18. The molecule has 0 fully saturated rings. The molecular formula is C14H15F3N4O. The average Bonchev–Trinajstić information content (AvgIpc) is 2.94. The van der Waals surface area contributed by atoms with E-state index in [1.54, 1.807) is 6.92 Å². The number of carbonyl (C=O) groups excluding carboxylic acids is 1. The van der Waals surface area contributed by atoms with Gasteiger partial charge in [-0.2, -0.15) is 18.3 Å². The molecule has 8 heteroatoms. The summed E-state index contributed by atoms with van der Waals surface area (Å²) >= 11 is 0. The lowest BCUT2D eigenvalue weighted by Crippen LogP contribution is -2.26. The molecule has 1 heterocycles. The van der Waals surface area contributed by atoms with E-state index in [0.29, 0.717) is 5.69 Å². The molecular weight excluding hydrogens is 297 g/mol. The van der Waals surface area contributed by atoms with Gasteiger partial charge in [-0.25, -0.2) is 4.68 Å². The number of nitrogens with one attached hydrogen (secondary N) is 1. The van der Waals surface area contributed by atoms with E-state index in [1.165, 1.54) is 29.2 Å². The number of amides is 1. The molecule has 0 aliphatic rings. The molecule has 1 aromatic heterocycles. The molecule has 1 unspecified atom stereocenters. The second-order valence-corrected chi connectivity index (χ2v) is 4.85. The number of benzene rings is 1. The fourth-order valence-corrected chi connectivity index (χ4v) is 1.73. The van der Waals surface area contributed by atoms with Crippen LogP contribution >= 0.6 is 0 Å². The highest BCUT2D eigenvalue weighted by Crippen LogP contribution is 2.30. The van der Waals surface area contributed by atoms with Crippen molar-refractivity contribution in [2.45, 2.75) is 13.1 Å². The predicted molar refractivity (Wildman–Crippen MR) is 75.4 cm³/mol. The van der Waals surface area contributed by atoms with Gasteiger partial charge in [-0.05, 0) is 18.2 Å². The Morgan fingerprint density at radius 3 is 2.82 bits per heavy atom. The van der Waals surface area contributed by atoms with Gasteiger partial charge in [0.1, 0.15) is 0 Å². The van der Waals surface area contributed by atoms with Gasteiger partial charge < -0.3 is 11.1 Å². The number of aromatic nitrogens is 2. The van der Waals surface area contributed by atoms with Crippen molar-refractivity contribution in [3.8, 4) is 5.69 Å². The van der Waals surface area contributed by atoms with Gasteiger partial charge in [0.2, 0.25) is 5.91 Å². The van der Waals surface area contributed by atoms with Gasteiger partial charge in [-0.3, -0.25) is 4.79 Å². The van der Waals surface area contributed by atoms with Gasteiger partial charge >= 0.3 is 6.18 Å². The van der Waals surface area contributed by atoms with E-state index >= 15 is 0 Å². The van der Waals surface area contributed by atoms with E-state index < -0.39 is 11.7 Å². The molecule has 2 aromatic rings. The molecule has 0 spiro atoms. The molecule has 1 aromatic carbocycles. The third kappa shape index (κ3) is 3.64. The van der Waals surface area contributed by atoms with Crippen molar-refractivity contribution in [3.05, 3.63) is 42.2 Å². The molecule has 2 rings (SSSR count). The molecule has 0 bridgehead atoms. The summed E-state index contributed by atoms with van der Waals surface area (Å²) in [5.41, 5.74) is 5.27. The SMILES string of the molecule is CC(CN)C(=O)Nc1cnn(-c2cccc(C(F)(F)F)c2)c1. The summed E-state index contributed by atoms with van der Waals surface area (Å²) < 4.78 is 39.3. The number of halogens is 3. The molecule has 0 radical (unpaired) electrons. The number of hydrogen-bond acceptors (Lipinski definition) is 3. The summed E-state index contributed by atoms with van der Waals surface area (Å²) in [6.45, 7) is 1.88. The first-order valence-electron chi connectivity index (χ1n) is 6.54. The van der Waals surface area contributed by atoms with E-state index in [9.17, 15) is 18.0 Å². The first-order chi connectivity index (χ1) is 10.3. The molecule has 0 saturated heterocycles. The quantitative estimate of drug-likeness (QED) is 0.910. The van der Waals surface area contributed by atoms with Crippen molar-refractivity contribution >= 4 is 11.6 Å². The third-order valence-corrected chi connectivity index (χ3v) is 3.09. The first kappa shape index (κ1) is 16.0. The molecule has 3 N–H and O–H groups in total. The van der Waals surface area contributed by atoms with Gasteiger partial charge in [0.25, 0.3) is 0 Å². The Hall–Kier alpha value is -2.35. The van der Waals surface area contributed by atoms with Crippen LogP contribution in [-0.4, -0.2) is 22.2 Å². The highest BCUT2D eigenvalue weighted by molar-refractivity contribution is 5.92. The molecule has 1 atom stereocenters. The zero-order valence-electron chi connectivity index (χ0n) is 11.8. The summed E-state index contributed by atoms with van der Waals surface area (Å²) in [7, 11) is 0. The minimum Gasteiger partial charge on any atom is -0.330 e. The molecule has 118 valence electrons. The minimum absolute atomic E-state index is 0.202. The largest absolute Gasteiger partial charge is 0.416 e. The smallest absolute Gasteiger partial charge is 0.330 e. The Balaban J connectivity index is 2.20. The molecule has 22 heavy (non-hydrogen) atoms. The number of hydrogen-bond donors (Lipinski definition) is 2. The maximum Gasteiger partial charge on any atom is 0.416 e. The zero-order chi connectivity index (χ0) is 16.3. The van der Waals surface area contributed by atoms with E-state index in [1.807, 2.05) is 0 Å². The Morgan fingerprint density at radius 2 is 2.18 bits per heavy atom.